The van der Waals surface area contributed by atoms with Crippen LogP contribution in [-0.2, 0) is 19.8 Å². The molecule has 3 rings (SSSR count). The van der Waals surface area contributed by atoms with Gasteiger partial charge in [-0.25, -0.2) is 9.59 Å². The average molecular weight is 425 g/mol. The summed E-state index contributed by atoms with van der Waals surface area (Å²) in [7, 11) is 0. The first-order chi connectivity index (χ1) is 14.7. The topological polar surface area (TPSA) is 81.9 Å². The van der Waals surface area contributed by atoms with Crippen LogP contribution in [-0.4, -0.2) is 42.3 Å². The van der Waals surface area contributed by atoms with Crippen molar-refractivity contribution in [2.45, 2.75) is 44.8 Å². The second-order valence-corrected chi connectivity index (χ2v) is 9.05. The molecule has 1 amide bonds. The molecular weight excluding hydrogens is 392 g/mol. The molecule has 1 heterocycles. The molecule has 0 saturated carbocycles. The number of hydrogen-bond donors (Lipinski definition) is 1. The second kappa shape index (κ2) is 9.52. The van der Waals surface area contributed by atoms with Crippen molar-refractivity contribution in [3.63, 3.8) is 0 Å². The number of rotatable bonds is 5. The number of nitrogens with zero attached hydrogens (tertiary/aromatic N) is 1. The number of carbonyl (C=O) groups excluding carboxylic acids is 2. The molecule has 1 saturated heterocycles. The standard InChI is InChI=1S/C25H32N2O4/c1-24(2,3)31-23(29)27-16-14-19(15-17-27)18-30-22(28)25(26,20-10-6-4-7-11-20)21-12-8-5-9-13-21/h4-13,19H,14-18,26H2,1-3H3. The van der Waals surface area contributed by atoms with E-state index in [1.54, 1.807) is 4.90 Å². The molecule has 166 valence electrons. The fourth-order valence-corrected chi connectivity index (χ4v) is 3.72. The maximum Gasteiger partial charge on any atom is 0.410 e. The van der Waals surface area contributed by atoms with Gasteiger partial charge in [-0.05, 0) is 50.7 Å². The first-order valence-electron chi connectivity index (χ1n) is 10.8. The molecule has 1 aliphatic heterocycles. The van der Waals surface area contributed by atoms with Gasteiger partial charge >= 0.3 is 12.1 Å². The Morgan fingerprint density at radius 3 is 1.87 bits per heavy atom. The summed E-state index contributed by atoms with van der Waals surface area (Å²) in [5.74, 6) is -0.294. The molecule has 1 fully saturated rings. The van der Waals surface area contributed by atoms with Crippen LogP contribution < -0.4 is 5.73 Å². The van der Waals surface area contributed by atoms with Crippen LogP contribution in [0.5, 0.6) is 0 Å². The minimum Gasteiger partial charge on any atom is -0.464 e. The molecule has 6 heteroatoms. The Balaban J connectivity index is 1.62. The van der Waals surface area contributed by atoms with Gasteiger partial charge < -0.3 is 20.1 Å². The van der Waals surface area contributed by atoms with E-state index in [0.717, 1.165) is 12.8 Å². The van der Waals surface area contributed by atoms with E-state index >= 15 is 0 Å². The third-order valence-corrected chi connectivity index (χ3v) is 5.50. The molecule has 31 heavy (non-hydrogen) atoms. The second-order valence-electron chi connectivity index (χ2n) is 9.05. The van der Waals surface area contributed by atoms with Crippen LogP contribution in [0.4, 0.5) is 4.79 Å². The summed E-state index contributed by atoms with van der Waals surface area (Å²) >= 11 is 0. The van der Waals surface area contributed by atoms with E-state index in [2.05, 4.69) is 0 Å². The Labute approximate surface area is 184 Å². The summed E-state index contributed by atoms with van der Waals surface area (Å²) in [4.78, 5) is 27.2. The van der Waals surface area contributed by atoms with Gasteiger partial charge in [0.2, 0.25) is 0 Å². The number of esters is 1. The zero-order chi connectivity index (χ0) is 22.5. The van der Waals surface area contributed by atoms with Crippen molar-refractivity contribution >= 4 is 12.1 Å². The molecule has 1 aliphatic rings. The van der Waals surface area contributed by atoms with Crippen molar-refractivity contribution in [3.05, 3.63) is 71.8 Å². The quantitative estimate of drug-likeness (QED) is 0.732. The van der Waals surface area contributed by atoms with Gasteiger partial charge in [0.25, 0.3) is 0 Å². The molecule has 0 unspecified atom stereocenters. The van der Waals surface area contributed by atoms with Gasteiger partial charge in [0, 0.05) is 13.1 Å². The van der Waals surface area contributed by atoms with Crippen LogP contribution in [0.15, 0.2) is 60.7 Å². The monoisotopic (exact) mass is 424 g/mol. The molecule has 6 nitrogen and oxygen atoms in total. The molecule has 0 aromatic heterocycles. The third-order valence-electron chi connectivity index (χ3n) is 5.50. The first kappa shape index (κ1) is 22.8. The Kier molecular flexibility index (Phi) is 7.01. The highest BCUT2D eigenvalue weighted by Gasteiger charge is 2.40. The molecule has 0 radical (unpaired) electrons. The third kappa shape index (κ3) is 5.64. The van der Waals surface area contributed by atoms with Crippen molar-refractivity contribution in [3.8, 4) is 0 Å². The lowest BCUT2D eigenvalue weighted by molar-refractivity contribution is -0.150. The van der Waals surface area contributed by atoms with Gasteiger partial charge in [-0.2, -0.15) is 0 Å². The molecule has 2 N–H and O–H groups in total. The Morgan fingerprint density at radius 2 is 1.42 bits per heavy atom. The van der Waals surface area contributed by atoms with Gasteiger partial charge in [0.1, 0.15) is 5.60 Å². The molecule has 0 atom stereocenters. The van der Waals surface area contributed by atoms with Crippen LogP contribution >= 0.6 is 0 Å². The number of nitrogens with two attached hydrogens (primary N) is 1. The largest absolute Gasteiger partial charge is 0.464 e. The molecule has 0 bridgehead atoms. The zero-order valence-electron chi connectivity index (χ0n) is 18.5. The maximum absolute atomic E-state index is 13.2. The van der Waals surface area contributed by atoms with E-state index in [-0.39, 0.29) is 18.6 Å². The summed E-state index contributed by atoms with van der Waals surface area (Å²) in [6, 6.07) is 18.6. The van der Waals surface area contributed by atoms with Crippen molar-refractivity contribution in [1.29, 1.82) is 0 Å². The lowest BCUT2D eigenvalue weighted by atomic mass is 9.84. The summed E-state index contributed by atoms with van der Waals surface area (Å²) in [5.41, 5.74) is 6.16. The SMILES string of the molecule is CC(C)(C)OC(=O)N1CCC(COC(=O)C(N)(c2ccccc2)c2ccccc2)CC1. The summed E-state index contributed by atoms with van der Waals surface area (Å²) < 4.78 is 11.2. The van der Waals surface area contributed by atoms with E-state index in [1.807, 2.05) is 81.4 Å². The molecular formula is C25H32N2O4. The van der Waals surface area contributed by atoms with Crippen molar-refractivity contribution in [2.24, 2.45) is 11.7 Å². The fourth-order valence-electron chi connectivity index (χ4n) is 3.72. The highest BCUT2D eigenvalue weighted by Crippen LogP contribution is 2.29. The number of benzene rings is 2. The van der Waals surface area contributed by atoms with Gasteiger partial charge in [-0.1, -0.05) is 60.7 Å². The van der Waals surface area contributed by atoms with Crippen molar-refractivity contribution in [1.82, 2.24) is 4.90 Å². The van der Waals surface area contributed by atoms with E-state index in [1.165, 1.54) is 0 Å². The van der Waals surface area contributed by atoms with Gasteiger partial charge in [0.15, 0.2) is 5.54 Å². The number of piperidine rings is 1. The number of likely N-dealkylation sites (tertiary alicyclic amines) is 1. The number of carbonyl (C=O) groups is 2. The van der Waals surface area contributed by atoms with E-state index < -0.39 is 17.1 Å². The minimum atomic E-state index is -1.38. The van der Waals surface area contributed by atoms with Crippen LogP contribution in [0.1, 0.15) is 44.7 Å². The number of amides is 1. The maximum atomic E-state index is 13.2. The first-order valence-corrected chi connectivity index (χ1v) is 10.8. The predicted molar refractivity (Wildman–Crippen MR) is 119 cm³/mol. The molecule has 0 spiro atoms. The van der Waals surface area contributed by atoms with E-state index in [9.17, 15) is 9.59 Å². The summed E-state index contributed by atoms with van der Waals surface area (Å²) in [6.45, 7) is 7.02. The fraction of sp³-hybridized carbons (Fsp3) is 0.440. The normalized spacial score (nSPS) is 15.4. The van der Waals surface area contributed by atoms with Gasteiger partial charge in [-0.3, -0.25) is 0 Å². The van der Waals surface area contributed by atoms with Gasteiger partial charge in [-0.15, -0.1) is 0 Å². The predicted octanol–water partition coefficient (Wildman–Crippen LogP) is 4.08. The van der Waals surface area contributed by atoms with Crippen molar-refractivity contribution in [2.75, 3.05) is 19.7 Å². The molecule has 0 aliphatic carbocycles. The lowest BCUT2D eigenvalue weighted by Gasteiger charge is -2.34. The lowest BCUT2D eigenvalue weighted by Crippen LogP contribution is -2.48. The highest BCUT2D eigenvalue weighted by molar-refractivity contribution is 5.86. The van der Waals surface area contributed by atoms with Crippen molar-refractivity contribution < 1.29 is 19.1 Å². The molecule has 2 aromatic carbocycles. The van der Waals surface area contributed by atoms with E-state index in [0.29, 0.717) is 24.2 Å². The minimum absolute atomic E-state index is 0.179. The van der Waals surface area contributed by atoms with Crippen LogP contribution in [0, 0.1) is 5.92 Å². The van der Waals surface area contributed by atoms with E-state index in [4.69, 9.17) is 15.2 Å². The van der Waals surface area contributed by atoms with Crippen LogP contribution in [0.3, 0.4) is 0 Å². The average Bonchev–Trinajstić information content (AvgIpc) is 2.77. The summed E-state index contributed by atoms with van der Waals surface area (Å²) in [6.07, 6.45) is 1.21. The Hall–Kier alpha value is -2.86. The van der Waals surface area contributed by atoms with Crippen LogP contribution in [0.25, 0.3) is 0 Å². The van der Waals surface area contributed by atoms with Gasteiger partial charge in [0.05, 0.1) is 6.61 Å². The Bertz CT molecular complexity index is 830. The molecule has 2 aromatic rings. The zero-order valence-corrected chi connectivity index (χ0v) is 18.5. The summed E-state index contributed by atoms with van der Waals surface area (Å²) in [5, 5.41) is 0. The van der Waals surface area contributed by atoms with Crippen LogP contribution in [0.2, 0.25) is 0 Å². The number of ether oxygens (including phenoxy) is 2. The number of hydrogen-bond acceptors (Lipinski definition) is 5. The Morgan fingerprint density at radius 1 is 0.935 bits per heavy atom. The highest BCUT2D eigenvalue weighted by atomic mass is 16.6. The smallest absolute Gasteiger partial charge is 0.410 e.